The van der Waals surface area contributed by atoms with E-state index in [1.807, 2.05) is 23.6 Å². The number of amides is 1. The predicted molar refractivity (Wildman–Crippen MR) is 122 cm³/mol. The minimum atomic E-state index is -0.306. The van der Waals surface area contributed by atoms with Crippen LogP contribution in [0.1, 0.15) is 66.5 Å². The third-order valence-corrected chi connectivity index (χ3v) is 6.45. The summed E-state index contributed by atoms with van der Waals surface area (Å²) in [6, 6.07) is 14.7. The van der Waals surface area contributed by atoms with E-state index >= 15 is 0 Å². The number of rotatable bonds is 7. The van der Waals surface area contributed by atoms with Crippen molar-refractivity contribution in [3.05, 3.63) is 74.7 Å². The molecule has 2 unspecified atom stereocenters. The summed E-state index contributed by atoms with van der Waals surface area (Å²) in [6.45, 7) is 2.77. The van der Waals surface area contributed by atoms with Gasteiger partial charge < -0.3 is 10.1 Å². The van der Waals surface area contributed by atoms with Gasteiger partial charge in [-0.2, -0.15) is 5.10 Å². The molecule has 6 nitrogen and oxygen atoms in total. The lowest BCUT2D eigenvalue weighted by Crippen LogP contribution is -2.30. The average Bonchev–Trinajstić information content (AvgIpc) is 3.35. The molecule has 162 valence electrons. The fraction of sp³-hybridized carbons (Fsp3) is 0.375. The van der Waals surface area contributed by atoms with E-state index in [1.165, 1.54) is 15.6 Å². The average molecular weight is 438 g/mol. The van der Waals surface area contributed by atoms with Gasteiger partial charge in [0.2, 0.25) is 0 Å². The maximum Gasteiger partial charge on any atom is 0.269 e. The second kappa shape index (κ2) is 10.0. The van der Waals surface area contributed by atoms with Gasteiger partial charge in [0.05, 0.1) is 11.7 Å². The lowest BCUT2D eigenvalue weighted by Gasteiger charge is -2.23. The van der Waals surface area contributed by atoms with Crippen LogP contribution in [0.3, 0.4) is 0 Å². The smallest absolute Gasteiger partial charge is 0.269 e. The molecule has 0 radical (unpaired) electrons. The number of ether oxygens (including phenoxy) is 1. The quantitative estimate of drug-likeness (QED) is 0.568. The molecule has 1 N–H and O–H groups in total. The van der Waals surface area contributed by atoms with Gasteiger partial charge in [0, 0.05) is 28.7 Å². The molecule has 0 saturated carbocycles. The van der Waals surface area contributed by atoms with Crippen LogP contribution in [-0.4, -0.2) is 22.3 Å². The predicted octanol–water partition coefficient (Wildman–Crippen LogP) is 4.94. The van der Waals surface area contributed by atoms with E-state index in [1.54, 1.807) is 29.5 Å². The van der Waals surface area contributed by atoms with Crippen LogP contribution in [0, 0.1) is 0 Å². The van der Waals surface area contributed by atoms with Crippen molar-refractivity contribution in [2.75, 3.05) is 6.61 Å². The van der Waals surface area contributed by atoms with Crippen LogP contribution in [0.15, 0.2) is 58.7 Å². The topological polar surface area (TPSA) is 73.2 Å². The molecule has 2 aromatic heterocycles. The highest BCUT2D eigenvalue weighted by Gasteiger charge is 2.19. The largest absolute Gasteiger partial charge is 0.356 e. The maximum atomic E-state index is 12.8. The van der Waals surface area contributed by atoms with Crippen molar-refractivity contribution in [2.24, 2.45) is 0 Å². The zero-order valence-electron chi connectivity index (χ0n) is 17.6. The zero-order chi connectivity index (χ0) is 21.6. The molecule has 1 aliphatic heterocycles. The molecule has 1 aliphatic rings. The van der Waals surface area contributed by atoms with Crippen LogP contribution in [0.2, 0.25) is 0 Å². The van der Waals surface area contributed by atoms with Crippen LogP contribution in [0.25, 0.3) is 11.3 Å². The van der Waals surface area contributed by atoms with E-state index < -0.39 is 0 Å². The fourth-order valence-corrected chi connectivity index (χ4v) is 4.61. The Bertz CT molecular complexity index is 1050. The summed E-state index contributed by atoms with van der Waals surface area (Å²) in [7, 11) is 0. The Morgan fingerprint density at radius 3 is 2.74 bits per heavy atom. The summed E-state index contributed by atoms with van der Waals surface area (Å²) < 4.78 is 7.16. The molecule has 7 heteroatoms. The monoisotopic (exact) mass is 437 g/mol. The number of aromatic nitrogens is 2. The number of carbonyl (C=O) groups is 1. The number of nitrogens with zero attached hydrogens (tertiary/aromatic N) is 2. The van der Waals surface area contributed by atoms with Gasteiger partial charge in [-0.05, 0) is 55.3 Å². The number of hydrogen-bond donors (Lipinski definition) is 1. The van der Waals surface area contributed by atoms with Crippen LogP contribution < -0.4 is 10.9 Å². The van der Waals surface area contributed by atoms with Crippen molar-refractivity contribution < 1.29 is 9.53 Å². The zero-order valence-corrected chi connectivity index (χ0v) is 18.4. The van der Waals surface area contributed by atoms with E-state index in [9.17, 15) is 9.59 Å². The third kappa shape index (κ3) is 5.11. The second-order valence-electron chi connectivity index (χ2n) is 7.73. The number of nitrogens with one attached hydrogen (secondary N) is 1. The molecule has 0 spiro atoms. The van der Waals surface area contributed by atoms with Crippen LogP contribution in [0.5, 0.6) is 0 Å². The molecular formula is C24H27N3O3S. The van der Waals surface area contributed by atoms with Gasteiger partial charge >= 0.3 is 0 Å². The first-order chi connectivity index (χ1) is 15.2. The standard InChI is InChI=1S/C24H27N3O3S/c1-2-6-20(21-7-5-16-31-21)25-24(29)18-11-9-17(10-12-18)19-13-14-22(28)27(26-19)23-8-3-4-15-30-23/h5,7,9-14,16,20,23H,2-4,6,8,15H2,1H3,(H,25,29). The van der Waals surface area contributed by atoms with Crippen molar-refractivity contribution >= 4 is 17.2 Å². The maximum absolute atomic E-state index is 12.8. The van der Waals surface area contributed by atoms with Gasteiger partial charge in [-0.25, -0.2) is 4.68 Å². The van der Waals surface area contributed by atoms with Gasteiger partial charge in [-0.3, -0.25) is 9.59 Å². The minimum absolute atomic E-state index is 0.0258. The number of thiophene rings is 1. The third-order valence-electron chi connectivity index (χ3n) is 5.47. The van der Waals surface area contributed by atoms with Crippen molar-refractivity contribution in [1.82, 2.24) is 15.1 Å². The molecule has 1 fully saturated rings. The van der Waals surface area contributed by atoms with Gasteiger partial charge in [-0.15, -0.1) is 11.3 Å². The molecule has 4 rings (SSSR count). The molecular weight excluding hydrogens is 410 g/mol. The molecule has 1 saturated heterocycles. The lowest BCUT2D eigenvalue weighted by atomic mass is 10.1. The second-order valence-corrected chi connectivity index (χ2v) is 8.71. The van der Waals surface area contributed by atoms with E-state index in [2.05, 4.69) is 23.4 Å². The fourth-order valence-electron chi connectivity index (χ4n) is 3.80. The summed E-state index contributed by atoms with van der Waals surface area (Å²) in [5.74, 6) is -0.0908. The van der Waals surface area contributed by atoms with E-state index in [4.69, 9.17) is 4.74 Å². The molecule has 3 aromatic rings. The Labute approximate surface area is 185 Å². The van der Waals surface area contributed by atoms with Crippen molar-refractivity contribution in [3.63, 3.8) is 0 Å². The van der Waals surface area contributed by atoms with Crippen LogP contribution >= 0.6 is 11.3 Å². The molecule has 1 aromatic carbocycles. The van der Waals surface area contributed by atoms with E-state index in [-0.39, 0.29) is 23.7 Å². The Kier molecular flexibility index (Phi) is 6.94. The summed E-state index contributed by atoms with van der Waals surface area (Å²) >= 11 is 1.66. The highest BCUT2D eigenvalue weighted by atomic mass is 32.1. The normalized spacial score (nSPS) is 17.3. The van der Waals surface area contributed by atoms with E-state index in [0.29, 0.717) is 17.9 Å². The highest BCUT2D eigenvalue weighted by Crippen LogP contribution is 2.25. The summed E-state index contributed by atoms with van der Waals surface area (Å²) in [4.78, 5) is 26.2. The van der Waals surface area contributed by atoms with Gasteiger partial charge in [0.15, 0.2) is 6.23 Å². The Balaban J connectivity index is 1.50. The first-order valence-electron chi connectivity index (χ1n) is 10.8. The van der Waals surface area contributed by atoms with Gasteiger partial charge in [0.25, 0.3) is 11.5 Å². The Morgan fingerprint density at radius 2 is 2.06 bits per heavy atom. The summed E-state index contributed by atoms with van der Waals surface area (Å²) in [5.41, 5.74) is 1.97. The molecule has 3 heterocycles. The van der Waals surface area contributed by atoms with Crippen molar-refractivity contribution in [1.29, 1.82) is 0 Å². The highest BCUT2D eigenvalue weighted by molar-refractivity contribution is 7.10. The molecule has 0 bridgehead atoms. The van der Waals surface area contributed by atoms with Gasteiger partial charge in [-0.1, -0.05) is 31.5 Å². The summed E-state index contributed by atoms with van der Waals surface area (Å²) in [6.07, 6.45) is 4.42. The molecule has 1 amide bonds. The number of carbonyl (C=O) groups excluding carboxylic acids is 1. The van der Waals surface area contributed by atoms with Gasteiger partial charge in [0.1, 0.15) is 0 Å². The molecule has 31 heavy (non-hydrogen) atoms. The van der Waals surface area contributed by atoms with Crippen LogP contribution in [-0.2, 0) is 4.74 Å². The lowest BCUT2D eigenvalue weighted by molar-refractivity contribution is -0.0422. The Morgan fingerprint density at radius 1 is 1.23 bits per heavy atom. The van der Waals surface area contributed by atoms with E-state index in [0.717, 1.165) is 37.7 Å². The van der Waals surface area contributed by atoms with Crippen molar-refractivity contribution in [2.45, 2.75) is 51.3 Å². The first kappa shape index (κ1) is 21.5. The van der Waals surface area contributed by atoms with Crippen molar-refractivity contribution in [3.8, 4) is 11.3 Å². The Hall–Kier alpha value is -2.77. The SMILES string of the molecule is CCCC(NC(=O)c1ccc(-c2ccc(=O)n(C3CCCCO3)n2)cc1)c1cccs1. The molecule has 0 aliphatic carbocycles. The molecule has 2 atom stereocenters. The summed E-state index contributed by atoms with van der Waals surface area (Å²) in [5, 5.41) is 9.71. The first-order valence-corrected chi connectivity index (χ1v) is 11.7. The number of benzene rings is 1. The number of hydrogen-bond acceptors (Lipinski definition) is 5. The van der Waals surface area contributed by atoms with Crippen LogP contribution in [0.4, 0.5) is 0 Å². The minimum Gasteiger partial charge on any atom is -0.356 e.